The lowest BCUT2D eigenvalue weighted by atomic mass is 9.78. The number of aromatic nitrogens is 3. The number of nitrogens with zero attached hydrogens (tertiary/aromatic N) is 5. The Hall–Kier alpha value is -2.85. The third kappa shape index (κ3) is 3.81. The number of pyridine rings is 1. The SMILES string of the molecule is CON=C1C[C@@H]2C[C@H](C1)N2C(=O)c1ccc(Nc2nc(-c3sc(C)nc3C)cs2)nc1. The van der Waals surface area contributed by atoms with Gasteiger partial charge in [-0.1, -0.05) is 5.16 Å². The molecule has 31 heavy (non-hydrogen) atoms. The van der Waals surface area contributed by atoms with Crippen LogP contribution in [0.4, 0.5) is 10.9 Å². The number of amides is 1. The summed E-state index contributed by atoms with van der Waals surface area (Å²) in [4.78, 5) is 34.5. The molecule has 2 aliphatic heterocycles. The number of oxime groups is 1. The number of carbonyl (C=O) groups is 1. The highest BCUT2D eigenvalue weighted by Crippen LogP contribution is 2.38. The monoisotopic (exact) mass is 454 g/mol. The summed E-state index contributed by atoms with van der Waals surface area (Å²) in [5, 5.41) is 11.1. The Bertz CT molecular complexity index is 1140. The van der Waals surface area contributed by atoms with Crippen LogP contribution >= 0.6 is 22.7 Å². The first kappa shape index (κ1) is 20.1. The predicted molar refractivity (Wildman–Crippen MR) is 122 cm³/mol. The predicted octanol–water partition coefficient (Wildman–Crippen LogP) is 4.40. The first-order chi connectivity index (χ1) is 15.0. The minimum atomic E-state index is 0.0318. The molecule has 8 nitrogen and oxygen atoms in total. The van der Waals surface area contributed by atoms with Crippen molar-refractivity contribution in [2.75, 3.05) is 12.4 Å². The Morgan fingerprint density at radius 2 is 2.06 bits per heavy atom. The van der Waals surface area contributed by atoms with Crippen molar-refractivity contribution < 1.29 is 9.63 Å². The van der Waals surface area contributed by atoms with Crippen LogP contribution in [0.5, 0.6) is 0 Å². The van der Waals surface area contributed by atoms with Gasteiger partial charge in [0.05, 0.1) is 32.5 Å². The lowest BCUT2D eigenvalue weighted by Gasteiger charge is -2.52. The van der Waals surface area contributed by atoms with Crippen molar-refractivity contribution in [3.05, 3.63) is 40.0 Å². The summed E-state index contributed by atoms with van der Waals surface area (Å²) in [5.74, 6) is 0.692. The van der Waals surface area contributed by atoms with Gasteiger partial charge in [0.15, 0.2) is 5.13 Å². The molecule has 0 spiro atoms. The molecule has 2 bridgehead atoms. The molecular formula is C21H22N6O2S2. The Morgan fingerprint density at radius 3 is 2.71 bits per heavy atom. The molecule has 2 saturated heterocycles. The fourth-order valence-corrected chi connectivity index (χ4v) is 5.95. The number of piperidine rings is 1. The van der Waals surface area contributed by atoms with Crippen LogP contribution in [0.15, 0.2) is 28.9 Å². The van der Waals surface area contributed by atoms with Crippen LogP contribution in [0.3, 0.4) is 0 Å². The number of anilines is 2. The number of fused-ring (bicyclic) bond motifs is 2. The molecule has 6 rings (SSSR count). The summed E-state index contributed by atoms with van der Waals surface area (Å²) in [7, 11) is 1.56. The molecule has 3 aromatic rings. The largest absolute Gasteiger partial charge is 0.399 e. The Balaban J connectivity index is 1.25. The zero-order chi connectivity index (χ0) is 21.5. The van der Waals surface area contributed by atoms with Gasteiger partial charge in [-0.15, -0.1) is 22.7 Å². The molecule has 0 radical (unpaired) electrons. The molecule has 1 N–H and O–H groups in total. The Kier molecular flexibility index (Phi) is 5.19. The topological polar surface area (TPSA) is 92.6 Å². The number of hydrogen-bond acceptors (Lipinski definition) is 9. The Morgan fingerprint density at radius 1 is 1.26 bits per heavy atom. The van der Waals surface area contributed by atoms with Crippen LogP contribution in [-0.2, 0) is 4.84 Å². The van der Waals surface area contributed by atoms with E-state index >= 15 is 0 Å². The average Bonchev–Trinajstić information content (AvgIpc) is 3.34. The average molecular weight is 455 g/mol. The maximum atomic E-state index is 12.9. The van der Waals surface area contributed by atoms with E-state index in [1.165, 1.54) is 11.3 Å². The second-order valence-corrected chi connectivity index (χ2v) is 9.81. The highest BCUT2D eigenvalue weighted by atomic mass is 32.1. The second-order valence-electron chi connectivity index (χ2n) is 7.75. The lowest BCUT2D eigenvalue weighted by Crippen LogP contribution is -2.63. The van der Waals surface area contributed by atoms with Gasteiger partial charge in [0.25, 0.3) is 5.91 Å². The van der Waals surface area contributed by atoms with Crippen molar-refractivity contribution in [1.82, 2.24) is 19.9 Å². The van der Waals surface area contributed by atoms with Crippen LogP contribution in [0.25, 0.3) is 10.6 Å². The third-order valence-electron chi connectivity index (χ3n) is 5.61. The number of thiazole rings is 2. The van der Waals surface area contributed by atoms with E-state index in [9.17, 15) is 4.79 Å². The smallest absolute Gasteiger partial charge is 0.255 e. The van der Waals surface area contributed by atoms with E-state index in [-0.39, 0.29) is 18.0 Å². The van der Waals surface area contributed by atoms with Crippen molar-refractivity contribution in [3.8, 4) is 10.6 Å². The highest BCUT2D eigenvalue weighted by molar-refractivity contribution is 7.16. The summed E-state index contributed by atoms with van der Waals surface area (Å²) in [6.45, 7) is 4.00. The van der Waals surface area contributed by atoms with Crippen molar-refractivity contribution in [2.24, 2.45) is 5.16 Å². The first-order valence-electron chi connectivity index (χ1n) is 10.1. The van der Waals surface area contributed by atoms with E-state index in [1.54, 1.807) is 24.6 Å². The third-order valence-corrected chi connectivity index (χ3v) is 7.47. The van der Waals surface area contributed by atoms with Crippen LogP contribution in [0, 0.1) is 13.8 Å². The summed E-state index contributed by atoms with van der Waals surface area (Å²) >= 11 is 3.17. The molecule has 1 saturated carbocycles. The number of hydrogen-bond donors (Lipinski definition) is 1. The zero-order valence-corrected chi connectivity index (χ0v) is 19.1. The van der Waals surface area contributed by atoms with E-state index in [4.69, 9.17) is 4.84 Å². The van der Waals surface area contributed by atoms with Crippen molar-refractivity contribution in [3.63, 3.8) is 0 Å². The van der Waals surface area contributed by atoms with Gasteiger partial charge in [0.1, 0.15) is 12.9 Å². The molecular weight excluding hydrogens is 432 g/mol. The number of nitrogens with one attached hydrogen (secondary N) is 1. The molecule has 2 atom stereocenters. The maximum Gasteiger partial charge on any atom is 0.255 e. The number of rotatable bonds is 5. The van der Waals surface area contributed by atoms with Crippen LogP contribution in [-0.4, -0.2) is 50.7 Å². The summed E-state index contributed by atoms with van der Waals surface area (Å²) in [5.41, 5.74) is 3.56. The van der Waals surface area contributed by atoms with E-state index in [1.807, 2.05) is 36.3 Å². The molecule has 0 unspecified atom stereocenters. The van der Waals surface area contributed by atoms with E-state index in [2.05, 4.69) is 25.4 Å². The lowest BCUT2D eigenvalue weighted by molar-refractivity contribution is 0.0108. The van der Waals surface area contributed by atoms with Crippen molar-refractivity contribution in [1.29, 1.82) is 0 Å². The van der Waals surface area contributed by atoms with Crippen LogP contribution < -0.4 is 5.32 Å². The van der Waals surface area contributed by atoms with Gasteiger partial charge in [0.2, 0.25) is 0 Å². The minimum absolute atomic E-state index is 0.0318. The van der Waals surface area contributed by atoms with E-state index < -0.39 is 0 Å². The minimum Gasteiger partial charge on any atom is -0.399 e. The molecule has 10 heteroatoms. The van der Waals surface area contributed by atoms with Gasteiger partial charge in [-0.05, 0) is 32.4 Å². The van der Waals surface area contributed by atoms with Gasteiger partial charge in [0, 0.05) is 36.5 Å². The van der Waals surface area contributed by atoms with Gasteiger partial charge < -0.3 is 15.1 Å². The van der Waals surface area contributed by atoms with Gasteiger partial charge in [-0.2, -0.15) is 0 Å². The Labute approximate surface area is 188 Å². The van der Waals surface area contributed by atoms with Crippen molar-refractivity contribution >= 4 is 45.2 Å². The van der Waals surface area contributed by atoms with Gasteiger partial charge >= 0.3 is 0 Å². The highest BCUT2D eigenvalue weighted by Gasteiger charge is 2.47. The summed E-state index contributed by atoms with van der Waals surface area (Å²) < 4.78 is 0. The molecule has 1 amide bonds. The fraction of sp³-hybridized carbons (Fsp3) is 0.381. The number of carbonyl (C=O) groups excluding carboxylic acids is 1. The van der Waals surface area contributed by atoms with E-state index in [0.29, 0.717) is 11.4 Å². The van der Waals surface area contributed by atoms with Crippen LogP contribution in [0.2, 0.25) is 0 Å². The maximum absolute atomic E-state index is 12.9. The number of aryl methyl sites for hydroxylation is 2. The standard InChI is InChI=1S/C21H22N6O2S2/c1-11-19(31-12(2)23-11)17-10-30-21(24-17)25-18-5-4-13(9-22-18)20(28)27-15-6-14(26-29-3)7-16(27)8-15/h4-5,9-10,15-16H,6-8H2,1-3H3,(H,22,24,25)/t15-,16+. The molecule has 5 heterocycles. The van der Waals surface area contributed by atoms with E-state index in [0.717, 1.165) is 51.4 Å². The molecule has 0 aromatic carbocycles. The fourth-order valence-electron chi connectivity index (χ4n) is 4.28. The van der Waals surface area contributed by atoms with Crippen LogP contribution in [0.1, 0.15) is 40.3 Å². The van der Waals surface area contributed by atoms with Gasteiger partial charge in [-0.3, -0.25) is 4.79 Å². The quantitative estimate of drug-likeness (QED) is 0.575. The molecule has 1 aliphatic carbocycles. The second kappa shape index (κ2) is 8.01. The summed E-state index contributed by atoms with van der Waals surface area (Å²) in [6.07, 6.45) is 4.24. The molecule has 3 fully saturated rings. The molecule has 160 valence electrons. The van der Waals surface area contributed by atoms with Gasteiger partial charge in [-0.25, -0.2) is 15.0 Å². The van der Waals surface area contributed by atoms with Crippen molar-refractivity contribution in [2.45, 2.75) is 45.2 Å². The zero-order valence-electron chi connectivity index (χ0n) is 17.5. The normalized spacial score (nSPS) is 21.1. The molecule has 3 aromatic heterocycles. The summed E-state index contributed by atoms with van der Waals surface area (Å²) in [6, 6.07) is 4.07. The molecule has 3 aliphatic rings. The first-order valence-corrected chi connectivity index (χ1v) is 11.8.